The Labute approximate surface area is 124 Å². The monoisotopic (exact) mass is 292 g/mol. The predicted octanol–water partition coefficient (Wildman–Crippen LogP) is 1.27. The van der Waals surface area contributed by atoms with Crippen molar-refractivity contribution in [2.24, 2.45) is 0 Å². The minimum atomic E-state index is -0.727. The van der Waals surface area contributed by atoms with Crippen molar-refractivity contribution in [3.63, 3.8) is 0 Å². The lowest BCUT2D eigenvalue weighted by Crippen LogP contribution is -2.56. The number of hydrogen-bond donors (Lipinski definition) is 1. The van der Waals surface area contributed by atoms with Crippen LogP contribution in [0.25, 0.3) is 0 Å². The zero-order chi connectivity index (χ0) is 15.1. The minimum absolute atomic E-state index is 0.148. The third kappa shape index (κ3) is 4.27. The van der Waals surface area contributed by atoms with Crippen molar-refractivity contribution in [1.82, 2.24) is 10.2 Å². The molecule has 1 heterocycles. The summed E-state index contributed by atoms with van der Waals surface area (Å²) in [5, 5.41) is 2.65. The Morgan fingerprint density at radius 1 is 1.29 bits per heavy atom. The molecule has 1 aliphatic rings. The van der Waals surface area contributed by atoms with Gasteiger partial charge in [0.05, 0.1) is 19.8 Å². The highest BCUT2D eigenvalue weighted by Gasteiger charge is 2.30. The maximum Gasteiger partial charge on any atom is 0.408 e. The first-order valence-electron chi connectivity index (χ1n) is 7.06. The Morgan fingerprint density at radius 3 is 2.57 bits per heavy atom. The number of carbonyl (C=O) groups excluding carboxylic acids is 2. The maximum absolute atomic E-state index is 12.6. The SMILES string of the molecule is CCOC(=O)N[C@@H](C(=O)c1ccccc1)N1CCOCC1. The van der Waals surface area contributed by atoms with Crippen molar-refractivity contribution in [3.05, 3.63) is 35.9 Å². The van der Waals surface area contributed by atoms with Crippen LogP contribution in [0.4, 0.5) is 4.79 Å². The van der Waals surface area contributed by atoms with Crippen LogP contribution >= 0.6 is 0 Å². The molecule has 1 atom stereocenters. The Kier molecular flexibility index (Phi) is 5.71. The van der Waals surface area contributed by atoms with Crippen LogP contribution in [0.3, 0.4) is 0 Å². The van der Waals surface area contributed by atoms with E-state index >= 15 is 0 Å². The van der Waals surface area contributed by atoms with Crippen LogP contribution < -0.4 is 5.32 Å². The zero-order valence-electron chi connectivity index (χ0n) is 12.1. The van der Waals surface area contributed by atoms with Crippen LogP contribution in [0.1, 0.15) is 17.3 Å². The maximum atomic E-state index is 12.6. The van der Waals surface area contributed by atoms with Gasteiger partial charge in [-0.15, -0.1) is 0 Å². The molecule has 0 saturated carbocycles. The van der Waals surface area contributed by atoms with Crippen molar-refractivity contribution in [2.75, 3.05) is 32.9 Å². The molecule has 6 nitrogen and oxygen atoms in total. The Morgan fingerprint density at radius 2 is 1.95 bits per heavy atom. The Hall–Kier alpha value is -1.92. The third-order valence-electron chi connectivity index (χ3n) is 3.25. The topological polar surface area (TPSA) is 67.9 Å². The van der Waals surface area contributed by atoms with Gasteiger partial charge in [-0.25, -0.2) is 4.79 Å². The number of hydrogen-bond acceptors (Lipinski definition) is 5. The number of ketones is 1. The molecule has 1 aliphatic heterocycles. The number of Topliss-reactive ketones (excluding diaryl/α,β-unsaturated/α-hetero) is 1. The normalized spacial score (nSPS) is 17.0. The molecule has 1 saturated heterocycles. The van der Waals surface area contributed by atoms with E-state index in [9.17, 15) is 9.59 Å². The summed E-state index contributed by atoms with van der Waals surface area (Å²) < 4.78 is 10.2. The number of benzene rings is 1. The summed E-state index contributed by atoms with van der Waals surface area (Å²) in [4.78, 5) is 26.2. The van der Waals surface area contributed by atoms with E-state index in [0.29, 0.717) is 31.9 Å². The summed E-state index contributed by atoms with van der Waals surface area (Å²) in [6.45, 7) is 4.26. The van der Waals surface area contributed by atoms with Crippen LogP contribution in [-0.2, 0) is 9.47 Å². The molecule has 2 rings (SSSR count). The Balaban J connectivity index is 2.14. The van der Waals surface area contributed by atoms with Crippen molar-refractivity contribution in [1.29, 1.82) is 0 Å². The van der Waals surface area contributed by atoms with E-state index < -0.39 is 12.3 Å². The molecule has 1 aromatic rings. The quantitative estimate of drug-likeness (QED) is 0.828. The number of nitrogens with one attached hydrogen (secondary N) is 1. The van der Waals surface area contributed by atoms with Crippen molar-refractivity contribution < 1.29 is 19.1 Å². The van der Waals surface area contributed by atoms with Gasteiger partial charge in [-0.3, -0.25) is 15.0 Å². The number of carbonyl (C=O) groups is 2. The zero-order valence-corrected chi connectivity index (χ0v) is 12.1. The number of amides is 1. The number of alkyl carbamates (subject to hydrolysis) is 1. The number of nitrogens with zero attached hydrogens (tertiary/aromatic N) is 1. The van der Waals surface area contributed by atoms with E-state index in [4.69, 9.17) is 9.47 Å². The highest BCUT2D eigenvalue weighted by atomic mass is 16.5. The van der Waals surface area contributed by atoms with Crippen LogP contribution in [0.5, 0.6) is 0 Å². The highest BCUT2D eigenvalue weighted by molar-refractivity contribution is 6.01. The fraction of sp³-hybridized carbons (Fsp3) is 0.467. The van der Waals surface area contributed by atoms with Gasteiger partial charge in [0, 0.05) is 18.7 Å². The van der Waals surface area contributed by atoms with Crippen molar-refractivity contribution in [3.8, 4) is 0 Å². The summed E-state index contributed by atoms with van der Waals surface area (Å²) in [6.07, 6.45) is -1.31. The first kappa shape index (κ1) is 15.5. The van der Waals surface area contributed by atoms with Crippen molar-refractivity contribution in [2.45, 2.75) is 13.1 Å². The number of rotatable bonds is 5. The average molecular weight is 292 g/mol. The lowest BCUT2D eigenvalue weighted by molar-refractivity contribution is 0.0105. The van der Waals surface area contributed by atoms with E-state index in [1.807, 2.05) is 11.0 Å². The molecular weight excluding hydrogens is 272 g/mol. The molecule has 1 fully saturated rings. The standard InChI is InChI=1S/C15H20N2O4/c1-2-21-15(19)16-14(17-8-10-20-11-9-17)13(18)12-6-4-3-5-7-12/h3-7,14H,2,8-11H2,1H3,(H,16,19)/t14-/m1/s1. The van der Waals surface area contributed by atoms with Gasteiger partial charge >= 0.3 is 6.09 Å². The predicted molar refractivity (Wildman–Crippen MR) is 77.1 cm³/mol. The van der Waals surface area contributed by atoms with Gasteiger partial charge < -0.3 is 9.47 Å². The molecule has 0 unspecified atom stereocenters. The van der Waals surface area contributed by atoms with Crippen LogP contribution in [0.15, 0.2) is 30.3 Å². The second kappa shape index (κ2) is 7.75. The van der Waals surface area contributed by atoms with Gasteiger partial charge in [0.1, 0.15) is 6.17 Å². The second-order valence-corrected chi connectivity index (χ2v) is 4.65. The smallest absolute Gasteiger partial charge is 0.408 e. The molecule has 1 aromatic carbocycles. The fourth-order valence-electron chi connectivity index (χ4n) is 2.20. The summed E-state index contributed by atoms with van der Waals surface area (Å²) in [7, 11) is 0. The molecular formula is C15H20N2O4. The molecule has 114 valence electrons. The first-order valence-corrected chi connectivity index (χ1v) is 7.06. The lowest BCUT2D eigenvalue weighted by atomic mass is 10.1. The van der Waals surface area contributed by atoms with Gasteiger partial charge in [0.2, 0.25) is 0 Å². The number of ether oxygens (including phenoxy) is 2. The van der Waals surface area contributed by atoms with Crippen LogP contribution in [0.2, 0.25) is 0 Å². The van der Waals surface area contributed by atoms with E-state index in [-0.39, 0.29) is 12.4 Å². The first-order chi connectivity index (χ1) is 10.2. The van der Waals surface area contributed by atoms with Gasteiger partial charge in [-0.05, 0) is 6.92 Å². The molecule has 1 amide bonds. The number of morpholine rings is 1. The molecule has 6 heteroatoms. The van der Waals surface area contributed by atoms with Crippen LogP contribution in [-0.4, -0.2) is 55.9 Å². The van der Waals surface area contributed by atoms with Gasteiger partial charge in [0.15, 0.2) is 5.78 Å². The minimum Gasteiger partial charge on any atom is -0.450 e. The van der Waals surface area contributed by atoms with Gasteiger partial charge in [-0.1, -0.05) is 30.3 Å². The molecule has 0 spiro atoms. The fourth-order valence-corrected chi connectivity index (χ4v) is 2.20. The molecule has 0 aliphatic carbocycles. The molecule has 1 N–H and O–H groups in total. The average Bonchev–Trinajstić information content (AvgIpc) is 2.54. The molecule has 21 heavy (non-hydrogen) atoms. The lowest BCUT2D eigenvalue weighted by Gasteiger charge is -2.33. The van der Waals surface area contributed by atoms with Crippen molar-refractivity contribution >= 4 is 11.9 Å². The molecule has 0 bridgehead atoms. The second-order valence-electron chi connectivity index (χ2n) is 4.65. The summed E-state index contributed by atoms with van der Waals surface area (Å²) in [6, 6.07) is 8.92. The summed E-state index contributed by atoms with van der Waals surface area (Å²) in [5.41, 5.74) is 0.561. The van der Waals surface area contributed by atoms with E-state index in [1.165, 1.54) is 0 Å². The van der Waals surface area contributed by atoms with Gasteiger partial charge in [-0.2, -0.15) is 0 Å². The third-order valence-corrected chi connectivity index (χ3v) is 3.25. The summed E-state index contributed by atoms with van der Waals surface area (Å²) in [5.74, 6) is -0.148. The van der Waals surface area contributed by atoms with E-state index in [0.717, 1.165) is 0 Å². The Bertz CT molecular complexity index is 472. The van der Waals surface area contributed by atoms with Crippen LogP contribution in [0, 0.1) is 0 Å². The van der Waals surface area contributed by atoms with E-state index in [1.54, 1.807) is 31.2 Å². The van der Waals surface area contributed by atoms with E-state index in [2.05, 4.69) is 5.32 Å². The largest absolute Gasteiger partial charge is 0.450 e. The highest BCUT2D eigenvalue weighted by Crippen LogP contribution is 2.10. The van der Waals surface area contributed by atoms with Gasteiger partial charge in [0.25, 0.3) is 0 Å². The molecule has 0 aromatic heterocycles. The summed E-state index contributed by atoms with van der Waals surface area (Å²) >= 11 is 0. The molecule has 0 radical (unpaired) electrons.